The van der Waals surface area contributed by atoms with Gasteiger partial charge in [-0.1, -0.05) is 25.0 Å². The van der Waals surface area contributed by atoms with E-state index in [2.05, 4.69) is 5.32 Å². The summed E-state index contributed by atoms with van der Waals surface area (Å²) in [5, 5.41) is 22.9. The topological polar surface area (TPSA) is 52.5 Å². The monoisotopic (exact) mass is 235 g/mol. The molecule has 17 heavy (non-hydrogen) atoms. The Morgan fingerprint density at radius 3 is 2.71 bits per heavy atom. The summed E-state index contributed by atoms with van der Waals surface area (Å²) in [6, 6.07) is 7.43. The van der Waals surface area contributed by atoms with Gasteiger partial charge in [0, 0.05) is 12.0 Å². The molecule has 2 rings (SSSR count). The summed E-state index contributed by atoms with van der Waals surface area (Å²) in [4.78, 5) is 0. The number of hydrogen-bond donors (Lipinski definition) is 3. The lowest BCUT2D eigenvalue weighted by Crippen LogP contribution is -2.35. The van der Waals surface area contributed by atoms with Gasteiger partial charge >= 0.3 is 0 Å². The Morgan fingerprint density at radius 2 is 2.06 bits per heavy atom. The highest BCUT2D eigenvalue weighted by molar-refractivity contribution is 5.30. The van der Waals surface area contributed by atoms with Crippen molar-refractivity contribution < 1.29 is 10.2 Å². The SMILES string of the molecule is CNC(c1cccc(O)c1)[C@H]1CCCC[C@@H]1O. The predicted octanol–water partition coefficient (Wildman–Crippen LogP) is 2.20. The van der Waals surface area contributed by atoms with E-state index >= 15 is 0 Å². The van der Waals surface area contributed by atoms with Crippen molar-refractivity contribution in [3.63, 3.8) is 0 Å². The molecule has 3 heteroatoms. The minimum absolute atomic E-state index is 0.123. The fraction of sp³-hybridized carbons (Fsp3) is 0.571. The van der Waals surface area contributed by atoms with Gasteiger partial charge in [0.2, 0.25) is 0 Å². The highest BCUT2D eigenvalue weighted by Crippen LogP contribution is 2.35. The third-order valence-corrected chi connectivity index (χ3v) is 3.75. The number of rotatable bonds is 3. The molecule has 1 aromatic carbocycles. The van der Waals surface area contributed by atoms with Crippen molar-refractivity contribution in [3.05, 3.63) is 29.8 Å². The van der Waals surface area contributed by atoms with E-state index in [-0.39, 0.29) is 23.8 Å². The van der Waals surface area contributed by atoms with Crippen LogP contribution < -0.4 is 5.32 Å². The summed E-state index contributed by atoms with van der Waals surface area (Å²) >= 11 is 0. The van der Waals surface area contributed by atoms with Gasteiger partial charge in [-0.3, -0.25) is 0 Å². The van der Waals surface area contributed by atoms with Crippen LogP contribution in [0.15, 0.2) is 24.3 Å². The molecule has 0 aromatic heterocycles. The van der Waals surface area contributed by atoms with Crippen LogP contribution in [-0.4, -0.2) is 23.4 Å². The molecule has 1 fully saturated rings. The number of phenols is 1. The predicted molar refractivity (Wildman–Crippen MR) is 67.9 cm³/mol. The largest absolute Gasteiger partial charge is 0.508 e. The van der Waals surface area contributed by atoms with E-state index in [1.807, 2.05) is 19.2 Å². The molecule has 3 N–H and O–H groups in total. The molecular formula is C14H21NO2. The molecular weight excluding hydrogens is 214 g/mol. The van der Waals surface area contributed by atoms with Gasteiger partial charge in [0.1, 0.15) is 5.75 Å². The van der Waals surface area contributed by atoms with Gasteiger partial charge in [-0.2, -0.15) is 0 Å². The summed E-state index contributed by atoms with van der Waals surface area (Å²) < 4.78 is 0. The molecule has 0 bridgehead atoms. The Hall–Kier alpha value is -1.06. The van der Waals surface area contributed by atoms with Gasteiger partial charge in [-0.25, -0.2) is 0 Å². The van der Waals surface area contributed by atoms with E-state index in [4.69, 9.17) is 0 Å². The van der Waals surface area contributed by atoms with Gasteiger partial charge in [0.15, 0.2) is 0 Å². The molecule has 0 amide bonds. The van der Waals surface area contributed by atoms with Crippen molar-refractivity contribution in [2.24, 2.45) is 5.92 Å². The zero-order valence-electron chi connectivity index (χ0n) is 10.3. The zero-order chi connectivity index (χ0) is 12.3. The second-order valence-corrected chi connectivity index (χ2v) is 4.88. The van der Waals surface area contributed by atoms with E-state index in [9.17, 15) is 10.2 Å². The Labute approximate surface area is 102 Å². The van der Waals surface area contributed by atoms with E-state index in [0.29, 0.717) is 0 Å². The number of phenolic OH excluding ortho intramolecular Hbond substituents is 1. The van der Waals surface area contributed by atoms with Crippen LogP contribution in [0.25, 0.3) is 0 Å². The van der Waals surface area contributed by atoms with Crippen LogP contribution in [-0.2, 0) is 0 Å². The van der Waals surface area contributed by atoms with Crippen molar-refractivity contribution in [3.8, 4) is 5.75 Å². The van der Waals surface area contributed by atoms with Crippen molar-refractivity contribution in [2.45, 2.75) is 37.8 Å². The van der Waals surface area contributed by atoms with E-state index < -0.39 is 0 Å². The maximum absolute atomic E-state index is 10.1. The third kappa shape index (κ3) is 2.79. The van der Waals surface area contributed by atoms with E-state index in [1.165, 1.54) is 6.42 Å². The van der Waals surface area contributed by atoms with Crippen molar-refractivity contribution in [2.75, 3.05) is 7.05 Å². The minimum Gasteiger partial charge on any atom is -0.508 e. The standard InChI is InChI=1S/C14H21NO2/c1-15-14(10-5-4-6-11(16)9-10)12-7-2-3-8-13(12)17/h4-6,9,12-17H,2-3,7-8H2,1H3/t12-,13-,14?/m0/s1. The number of nitrogens with one attached hydrogen (secondary N) is 1. The number of benzene rings is 1. The maximum atomic E-state index is 10.1. The highest BCUT2D eigenvalue weighted by atomic mass is 16.3. The number of aromatic hydroxyl groups is 1. The second-order valence-electron chi connectivity index (χ2n) is 4.88. The van der Waals surface area contributed by atoms with Crippen LogP contribution >= 0.6 is 0 Å². The highest BCUT2D eigenvalue weighted by Gasteiger charge is 2.30. The van der Waals surface area contributed by atoms with Crippen molar-refractivity contribution in [1.29, 1.82) is 0 Å². The molecule has 94 valence electrons. The first kappa shape index (κ1) is 12.4. The molecule has 3 atom stereocenters. The van der Waals surface area contributed by atoms with Crippen molar-refractivity contribution >= 4 is 0 Å². The molecule has 1 aromatic rings. The molecule has 1 unspecified atom stereocenters. The normalized spacial score (nSPS) is 26.7. The van der Waals surface area contributed by atoms with Gasteiger partial charge in [0.25, 0.3) is 0 Å². The molecule has 0 aliphatic heterocycles. The summed E-state index contributed by atoms with van der Waals surface area (Å²) in [6.45, 7) is 0. The molecule has 0 radical (unpaired) electrons. The average molecular weight is 235 g/mol. The quantitative estimate of drug-likeness (QED) is 0.753. The molecule has 0 spiro atoms. The number of aliphatic hydroxyl groups excluding tert-OH is 1. The summed E-state index contributed by atoms with van der Waals surface area (Å²) in [7, 11) is 1.91. The molecule has 1 aliphatic carbocycles. The molecule has 3 nitrogen and oxygen atoms in total. The number of hydrogen-bond acceptors (Lipinski definition) is 3. The molecule has 1 saturated carbocycles. The minimum atomic E-state index is -0.233. The Bertz CT molecular complexity index is 367. The first-order valence-electron chi connectivity index (χ1n) is 6.36. The van der Waals surface area contributed by atoms with Gasteiger partial charge in [-0.05, 0) is 37.6 Å². The van der Waals surface area contributed by atoms with Gasteiger partial charge < -0.3 is 15.5 Å². The first-order valence-corrected chi connectivity index (χ1v) is 6.36. The van der Waals surface area contributed by atoms with Crippen LogP contribution in [0.5, 0.6) is 5.75 Å². The Balaban J connectivity index is 2.20. The van der Waals surface area contributed by atoms with Crippen molar-refractivity contribution in [1.82, 2.24) is 5.32 Å². The summed E-state index contributed by atoms with van der Waals surface area (Å²) in [6.07, 6.45) is 4.00. The molecule has 1 aliphatic rings. The van der Waals surface area contributed by atoms with Crippen LogP contribution in [0.4, 0.5) is 0 Å². The summed E-state index contributed by atoms with van der Waals surface area (Å²) in [5.41, 5.74) is 1.05. The fourth-order valence-electron chi connectivity index (χ4n) is 2.87. The lowest BCUT2D eigenvalue weighted by Gasteiger charge is -2.34. The third-order valence-electron chi connectivity index (χ3n) is 3.75. The Morgan fingerprint density at radius 1 is 1.29 bits per heavy atom. The lowest BCUT2D eigenvalue weighted by atomic mass is 9.79. The van der Waals surface area contributed by atoms with Gasteiger partial charge in [0.05, 0.1) is 6.10 Å². The lowest BCUT2D eigenvalue weighted by molar-refractivity contribution is 0.0494. The van der Waals surface area contributed by atoms with Crippen LogP contribution in [0, 0.1) is 5.92 Å². The second kappa shape index (κ2) is 5.52. The average Bonchev–Trinajstić information content (AvgIpc) is 2.33. The van der Waals surface area contributed by atoms with E-state index in [1.54, 1.807) is 12.1 Å². The zero-order valence-corrected chi connectivity index (χ0v) is 10.3. The van der Waals surface area contributed by atoms with Crippen LogP contribution in [0.1, 0.15) is 37.3 Å². The summed E-state index contributed by atoms with van der Waals surface area (Å²) in [5.74, 6) is 0.531. The van der Waals surface area contributed by atoms with Crippen LogP contribution in [0.2, 0.25) is 0 Å². The van der Waals surface area contributed by atoms with Gasteiger partial charge in [-0.15, -0.1) is 0 Å². The fourth-order valence-corrected chi connectivity index (χ4v) is 2.87. The number of aliphatic hydroxyl groups is 1. The van der Waals surface area contributed by atoms with E-state index in [0.717, 1.165) is 24.8 Å². The van der Waals surface area contributed by atoms with Crippen LogP contribution in [0.3, 0.4) is 0 Å². The molecule has 0 saturated heterocycles. The molecule has 0 heterocycles. The first-order chi connectivity index (χ1) is 8.22. The Kier molecular flexibility index (Phi) is 4.02. The maximum Gasteiger partial charge on any atom is 0.115 e. The smallest absolute Gasteiger partial charge is 0.115 e.